The van der Waals surface area contributed by atoms with E-state index in [2.05, 4.69) is 130 Å². The Kier molecular flexibility index (Phi) is 5.68. The SMILES string of the molecule is C=Cc1c(/C=C\C)c(Cc2c3ccccc3c(N)c3cc(C)ccc23)cc2c3ccccc3c3ccccc3c12. The molecule has 192 valence electrons. The van der Waals surface area contributed by atoms with Gasteiger partial charge in [-0.05, 0) is 97.7 Å². The van der Waals surface area contributed by atoms with Crippen molar-refractivity contribution in [2.24, 2.45) is 0 Å². The molecule has 0 amide bonds. The van der Waals surface area contributed by atoms with Gasteiger partial charge in [-0.25, -0.2) is 0 Å². The highest BCUT2D eigenvalue weighted by Gasteiger charge is 2.19. The normalized spacial score (nSPS) is 11.9. The van der Waals surface area contributed by atoms with Crippen molar-refractivity contribution in [1.82, 2.24) is 0 Å². The second kappa shape index (κ2) is 9.39. The van der Waals surface area contributed by atoms with Crippen molar-refractivity contribution in [3.63, 3.8) is 0 Å². The maximum Gasteiger partial charge on any atom is 0.0473 e. The minimum absolute atomic E-state index is 0.790. The van der Waals surface area contributed by atoms with E-state index in [4.69, 9.17) is 5.73 Å². The molecular formula is C39H31N. The Bertz CT molecular complexity index is 2180. The number of allylic oxidation sites excluding steroid dienone is 1. The molecule has 2 N–H and O–H groups in total. The molecule has 0 saturated carbocycles. The summed E-state index contributed by atoms with van der Waals surface area (Å²) in [4.78, 5) is 0. The highest BCUT2D eigenvalue weighted by atomic mass is 14.6. The van der Waals surface area contributed by atoms with Crippen LogP contribution in [0, 0.1) is 6.92 Å². The number of nitrogens with two attached hydrogens (primary N) is 1. The van der Waals surface area contributed by atoms with Crippen LogP contribution in [0.25, 0.3) is 66.0 Å². The third-order valence-corrected chi connectivity index (χ3v) is 8.43. The van der Waals surface area contributed by atoms with Crippen molar-refractivity contribution in [2.75, 3.05) is 5.73 Å². The fourth-order valence-corrected chi connectivity index (χ4v) is 6.69. The summed E-state index contributed by atoms with van der Waals surface area (Å²) < 4.78 is 0. The third kappa shape index (κ3) is 3.55. The maximum atomic E-state index is 6.77. The van der Waals surface area contributed by atoms with E-state index in [1.54, 1.807) is 0 Å². The average Bonchev–Trinajstić information content (AvgIpc) is 2.99. The quantitative estimate of drug-likeness (QED) is 0.141. The van der Waals surface area contributed by atoms with Crippen molar-refractivity contribution >= 4 is 71.7 Å². The van der Waals surface area contributed by atoms with Gasteiger partial charge in [0.05, 0.1) is 0 Å². The second-order valence-electron chi connectivity index (χ2n) is 10.7. The molecule has 0 saturated heterocycles. The third-order valence-electron chi connectivity index (χ3n) is 8.43. The van der Waals surface area contributed by atoms with Crippen LogP contribution >= 0.6 is 0 Å². The van der Waals surface area contributed by atoms with Gasteiger partial charge < -0.3 is 5.73 Å². The van der Waals surface area contributed by atoms with Crippen LogP contribution in [0.4, 0.5) is 5.69 Å². The number of hydrogen-bond donors (Lipinski definition) is 1. The molecule has 1 heteroatoms. The zero-order valence-corrected chi connectivity index (χ0v) is 23.0. The molecule has 0 aliphatic heterocycles. The second-order valence-corrected chi connectivity index (χ2v) is 10.7. The van der Waals surface area contributed by atoms with Gasteiger partial charge in [0.25, 0.3) is 0 Å². The minimum Gasteiger partial charge on any atom is -0.398 e. The Balaban J connectivity index is 1.63. The smallest absolute Gasteiger partial charge is 0.0473 e. The molecule has 7 aromatic carbocycles. The lowest BCUT2D eigenvalue weighted by Crippen LogP contribution is -2.01. The van der Waals surface area contributed by atoms with Crippen LogP contribution in [0.5, 0.6) is 0 Å². The molecule has 0 heterocycles. The lowest BCUT2D eigenvalue weighted by atomic mass is 9.84. The lowest BCUT2D eigenvalue weighted by molar-refractivity contribution is 1.23. The van der Waals surface area contributed by atoms with E-state index in [0.717, 1.165) is 22.9 Å². The summed E-state index contributed by atoms with van der Waals surface area (Å²) in [5.41, 5.74) is 13.9. The fraction of sp³-hybridized carbons (Fsp3) is 0.0769. The molecule has 0 spiro atoms. The summed E-state index contributed by atoms with van der Waals surface area (Å²) in [7, 11) is 0. The molecule has 7 aromatic rings. The monoisotopic (exact) mass is 513 g/mol. The van der Waals surface area contributed by atoms with Gasteiger partial charge in [-0.15, -0.1) is 0 Å². The predicted molar refractivity (Wildman–Crippen MR) is 177 cm³/mol. The topological polar surface area (TPSA) is 26.0 Å². The van der Waals surface area contributed by atoms with Gasteiger partial charge in [-0.2, -0.15) is 0 Å². The lowest BCUT2D eigenvalue weighted by Gasteiger charge is -2.20. The number of aryl methyl sites for hydroxylation is 1. The van der Waals surface area contributed by atoms with E-state index in [-0.39, 0.29) is 0 Å². The fourth-order valence-electron chi connectivity index (χ4n) is 6.69. The molecule has 0 radical (unpaired) electrons. The first-order chi connectivity index (χ1) is 19.6. The van der Waals surface area contributed by atoms with Crippen LogP contribution in [0.3, 0.4) is 0 Å². The molecule has 0 aliphatic rings. The molecular weight excluding hydrogens is 482 g/mol. The summed E-state index contributed by atoms with van der Waals surface area (Å²) in [6.45, 7) is 8.56. The highest BCUT2D eigenvalue weighted by molar-refractivity contribution is 6.27. The largest absolute Gasteiger partial charge is 0.398 e. The number of nitrogen functional groups attached to an aromatic ring is 1. The Hall–Kier alpha value is -4.88. The standard InChI is InChI=1S/C39H31N/c1-4-12-27-25(22-35-31-16-9-11-18-34(31)39(40)37-21-24(3)19-20-32(35)37)23-36-30-15-7-6-13-28(30)29-14-8-10-17-33(29)38(36)26(27)5-2/h4-21,23H,2,22,40H2,1,3H3/b12-4-. The van der Waals surface area contributed by atoms with E-state index in [1.807, 2.05) is 6.08 Å². The summed E-state index contributed by atoms with van der Waals surface area (Å²) in [5.74, 6) is 0. The minimum atomic E-state index is 0.790. The maximum absolute atomic E-state index is 6.77. The van der Waals surface area contributed by atoms with Crippen LogP contribution in [0.2, 0.25) is 0 Å². The molecule has 7 rings (SSSR count). The Morgan fingerprint density at radius 3 is 1.88 bits per heavy atom. The molecule has 0 bridgehead atoms. The molecule has 1 nitrogen and oxygen atoms in total. The van der Waals surface area contributed by atoms with Gasteiger partial charge in [0.2, 0.25) is 0 Å². The number of fused-ring (bicyclic) bond motifs is 8. The van der Waals surface area contributed by atoms with Crippen LogP contribution < -0.4 is 5.73 Å². The van der Waals surface area contributed by atoms with Gasteiger partial charge in [-0.3, -0.25) is 0 Å². The Labute approximate surface area is 234 Å². The molecule has 0 atom stereocenters. The van der Waals surface area contributed by atoms with Crippen LogP contribution in [0.15, 0.2) is 110 Å². The van der Waals surface area contributed by atoms with Gasteiger partial charge in [-0.1, -0.05) is 115 Å². The first-order valence-corrected chi connectivity index (χ1v) is 13.9. The van der Waals surface area contributed by atoms with Crippen molar-refractivity contribution in [3.8, 4) is 0 Å². The highest BCUT2D eigenvalue weighted by Crippen LogP contribution is 2.42. The van der Waals surface area contributed by atoms with Gasteiger partial charge in [0.15, 0.2) is 0 Å². The zero-order valence-electron chi connectivity index (χ0n) is 23.0. The number of benzene rings is 7. The summed E-state index contributed by atoms with van der Waals surface area (Å²) in [6.07, 6.45) is 7.23. The van der Waals surface area contributed by atoms with Crippen LogP contribution in [-0.2, 0) is 6.42 Å². The first-order valence-electron chi connectivity index (χ1n) is 13.9. The van der Waals surface area contributed by atoms with E-state index in [1.165, 1.54) is 70.9 Å². The van der Waals surface area contributed by atoms with Crippen LogP contribution in [0.1, 0.15) is 34.7 Å². The summed E-state index contributed by atoms with van der Waals surface area (Å²) >= 11 is 0. The van der Waals surface area contributed by atoms with E-state index >= 15 is 0 Å². The van der Waals surface area contributed by atoms with Gasteiger partial charge in [0, 0.05) is 16.5 Å². The number of hydrogen-bond acceptors (Lipinski definition) is 1. The van der Waals surface area contributed by atoms with Crippen molar-refractivity contribution in [1.29, 1.82) is 0 Å². The first kappa shape index (κ1) is 24.2. The van der Waals surface area contributed by atoms with Gasteiger partial charge in [0.1, 0.15) is 0 Å². The average molecular weight is 514 g/mol. The van der Waals surface area contributed by atoms with E-state index in [9.17, 15) is 0 Å². The summed E-state index contributed by atoms with van der Waals surface area (Å²) in [5, 5.41) is 12.3. The van der Waals surface area contributed by atoms with Crippen molar-refractivity contribution < 1.29 is 0 Å². The number of anilines is 1. The zero-order chi connectivity index (χ0) is 27.4. The Morgan fingerprint density at radius 2 is 1.20 bits per heavy atom. The summed E-state index contributed by atoms with van der Waals surface area (Å²) in [6, 6.07) is 35.2. The predicted octanol–water partition coefficient (Wildman–Crippen LogP) is 10.6. The molecule has 0 fully saturated rings. The molecule has 0 aromatic heterocycles. The van der Waals surface area contributed by atoms with Crippen molar-refractivity contribution in [3.05, 3.63) is 138 Å². The molecule has 40 heavy (non-hydrogen) atoms. The van der Waals surface area contributed by atoms with E-state index in [0.29, 0.717) is 0 Å². The number of rotatable bonds is 4. The van der Waals surface area contributed by atoms with Gasteiger partial charge >= 0.3 is 0 Å². The Morgan fingerprint density at radius 1 is 0.625 bits per heavy atom. The molecule has 0 unspecified atom stereocenters. The molecule has 0 aliphatic carbocycles. The van der Waals surface area contributed by atoms with Crippen molar-refractivity contribution in [2.45, 2.75) is 20.3 Å². The van der Waals surface area contributed by atoms with Crippen LogP contribution in [-0.4, -0.2) is 0 Å². The van der Waals surface area contributed by atoms with E-state index < -0.39 is 0 Å².